The van der Waals surface area contributed by atoms with Crippen molar-refractivity contribution in [3.8, 4) is 5.75 Å². The second-order valence-corrected chi connectivity index (χ2v) is 5.44. The van der Waals surface area contributed by atoms with Crippen LogP contribution in [0.15, 0.2) is 24.3 Å². The predicted octanol–water partition coefficient (Wildman–Crippen LogP) is 4.32. The van der Waals surface area contributed by atoms with Crippen LogP contribution in [0.4, 0.5) is 13.2 Å². The van der Waals surface area contributed by atoms with Gasteiger partial charge in [-0.25, -0.2) is 0 Å². The fourth-order valence-electron chi connectivity index (χ4n) is 1.78. The third-order valence-electron chi connectivity index (χ3n) is 2.91. The average molecular weight is 256 g/mol. The lowest BCUT2D eigenvalue weighted by Gasteiger charge is -2.26. The Morgan fingerprint density at radius 2 is 1.78 bits per heavy atom. The largest absolute Gasteiger partial charge is 0.476 e. The second-order valence-electron chi connectivity index (χ2n) is 5.44. The number of benzene rings is 1. The Kier molecular flexibility index (Phi) is 2.92. The van der Waals surface area contributed by atoms with Crippen molar-refractivity contribution in [2.24, 2.45) is 0 Å². The standard InChI is InChI=1S/C14H15F3O/c1-13(2,3)10-6-4-9-5-7-12(14(15,16)17)18-11(9)8-10/h4-8,12H,1-3H3. The molecule has 98 valence electrons. The highest BCUT2D eigenvalue weighted by Gasteiger charge is 2.41. The van der Waals surface area contributed by atoms with Crippen LogP contribution in [0.25, 0.3) is 6.08 Å². The molecule has 0 spiro atoms. The van der Waals surface area contributed by atoms with Crippen molar-refractivity contribution in [3.63, 3.8) is 0 Å². The Balaban J connectivity index is 2.36. The van der Waals surface area contributed by atoms with Gasteiger partial charge in [0.25, 0.3) is 0 Å². The molecule has 1 unspecified atom stereocenters. The summed E-state index contributed by atoms with van der Waals surface area (Å²) in [5.74, 6) is 0.298. The minimum Gasteiger partial charge on any atom is -0.476 e. The molecule has 0 amide bonds. The molecule has 4 heteroatoms. The minimum absolute atomic E-state index is 0.118. The van der Waals surface area contributed by atoms with Crippen LogP contribution in [0, 0.1) is 0 Å². The van der Waals surface area contributed by atoms with E-state index in [4.69, 9.17) is 4.74 Å². The van der Waals surface area contributed by atoms with Crippen molar-refractivity contribution in [2.75, 3.05) is 0 Å². The van der Waals surface area contributed by atoms with Gasteiger partial charge in [0.1, 0.15) is 5.75 Å². The molecule has 0 N–H and O–H groups in total. The van der Waals surface area contributed by atoms with Crippen LogP contribution in [0.2, 0.25) is 0 Å². The first-order valence-electron chi connectivity index (χ1n) is 5.74. The molecule has 1 aliphatic heterocycles. The highest BCUT2D eigenvalue weighted by atomic mass is 19.4. The zero-order valence-corrected chi connectivity index (χ0v) is 10.5. The van der Waals surface area contributed by atoms with Gasteiger partial charge in [0.05, 0.1) is 0 Å². The van der Waals surface area contributed by atoms with Crippen molar-refractivity contribution in [1.82, 2.24) is 0 Å². The molecule has 1 aromatic rings. The molecular weight excluding hydrogens is 241 g/mol. The van der Waals surface area contributed by atoms with E-state index < -0.39 is 12.3 Å². The maximum Gasteiger partial charge on any atom is 0.429 e. The van der Waals surface area contributed by atoms with E-state index in [1.165, 1.54) is 6.08 Å². The highest BCUT2D eigenvalue weighted by Crippen LogP contribution is 2.35. The lowest BCUT2D eigenvalue weighted by atomic mass is 9.86. The second kappa shape index (κ2) is 4.04. The zero-order chi connectivity index (χ0) is 13.6. The number of rotatable bonds is 0. The quantitative estimate of drug-likeness (QED) is 0.671. The molecule has 1 aromatic carbocycles. The molecule has 0 aromatic heterocycles. The van der Waals surface area contributed by atoms with Gasteiger partial charge in [0, 0.05) is 5.56 Å². The van der Waals surface area contributed by atoms with Gasteiger partial charge >= 0.3 is 6.18 Å². The Bertz CT molecular complexity index is 481. The summed E-state index contributed by atoms with van der Waals surface area (Å²) in [6.45, 7) is 6.03. The first kappa shape index (κ1) is 13.0. The fourth-order valence-corrected chi connectivity index (χ4v) is 1.78. The average Bonchev–Trinajstić information content (AvgIpc) is 2.25. The van der Waals surface area contributed by atoms with Gasteiger partial charge in [-0.05, 0) is 23.1 Å². The summed E-state index contributed by atoms with van der Waals surface area (Å²) in [5, 5.41) is 0. The molecule has 0 aliphatic carbocycles. The van der Waals surface area contributed by atoms with Crippen molar-refractivity contribution >= 4 is 6.08 Å². The van der Waals surface area contributed by atoms with E-state index in [1.54, 1.807) is 12.1 Å². The number of halogens is 3. The van der Waals surface area contributed by atoms with Gasteiger partial charge in [-0.1, -0.05) is 39.0 Å². The van der Waals surface area contributed by atoms with Gasteiger partial charge in [0.15, 0.2) is 0 Å². The van der Waals surface area contributed by atoms with Crippen LogP contribution in [-0.4, -0.2) is 12.3 Å². The van der Waals surface area contributed by atoms with E-state index in [0.717, 1.165) is 11.6 Å². The van der Waals surface area contributed by atoms with Gasteiger partial charge < -0.3 is 4.74 Å². The lowest BCUT2D eigenvalue weighted by molar-refractivity contribution is -0.180. The normalized spacial score (nSPS) is 19.3. The number of ether oxygens (including phenoxy) is 1. The Hall–Kier alpha value is -1.45. The van der Waals surface area contributed by atoms with Crippen molar-refractivity contribution < 1.29 is 17.9 Å². The summed E-state index contributed by atoms with van der Waals surface area (Å²) >= 11 is 0. The SMILES string of the molecule is CC(C)(C)c1ccc2c(c1)OC(C(F)(F)F)C=C2. The number of hydrogen-bond acceptors (Lipinski definition) is 1. The Labute approximate surface area is 104 Å². The zero-order valence-electron chi connectivity index (χ0n) is 10.5. The molecule has 1 aliphatic rings. The van der Waals surface area contributed by atoms with Gasteiger partial charge in [-0.2, -0.15) is 13.2 Å². The van der Waals surface area contributed by atoms with Crippen LogP contribution >= 0.6 is 0 Å². The molecule has 0 saturated carbocycles. The molecule has 1 heterocycles. The molecule has 0 radical (unpaired) electrons. The first-order chi connectivity index (χ1) is 8.18. The topological polar surface area (TPSA) is 9.23 Å². The van der Waals surface area contributed by atoms with Crippen LogP contribution in [0.1, 0.15) is 31.9 Å². The van der Waals surface area contributed by atoms with Gasteiger partial charge in [-0.15, -0.1) is 0 Å². The predicted molar refractivity (Wildman–Crippen MR) is 64.6 cm³/mol. The smallest absolute Gasteiger partial charge is 0.429 e. The van der Waals surface area contributed by atoms with Crippen LogP contribution in [-0.2, 0) is 5.41 Å². The third-order valence-corrected chi connectivity index (χ3v) is 2.91. The molecule has 18 heavy (non-hydrogen) atoms. The number of fused-ring (bicyclic) bond motifs is 1. The molecule has 2 rings (SSSR count). The van der Waals surface area contributed by atoms with Gasteiger partial charge in [-0.3, -0.25) is 0 Å². The van der Waals surface area contributed by atoms with E-state index in [2.05, 4.69) is 0 Å². The maximum atomic E-state index is 12.6. The summed E-state index contributed by atoms with van der Waals surface area (Å²) in [4.78, 5) is 0. The molecule has 1 nitrogen and oxygen atoms in total. The van der Waals surface area contributed by atoms with Crippen molar-refractivity contribution in [3.05, 3.63) is 35.4 Å². The Morgan fingerprint density at radius 3 is 2.33 bits per heavy atom. The van der Waals surface area contributed by atoms with Crippen LogP contribution in [0.3, 0.4) is 0 Å². The third kappa shape index (κ3) is 2.52. The molecule has 0 bridgehead atoms. The number of alkyl halides is 3. The van der Waals surface area contributed by atoms with Gasteiger partial charge in [0.2, 0.25) is 6.10 Å². The molecule has 1 atom stereocenters. The van der Waals surface area contributed by atoms with Crippen LogP contribution < -0.4 is 4.74 Å². The minimum atomic E-state index is -4.37. The summed E-state index contributed by atoms with van der Waals surface area (Å²) in [5.41, 5.74) is 1.52. The number of hydrogen-bond donors (Lipinski definition) is 0. The van der Waals surface area contributed by atoms with Crippen molar-refractivity contribution in [2.45, 2.75) is 38.5 Å². The molecule has 0 saturated heterocycles. The fraction of sp³-hybridized carbons (Fsp3) is 0.429. The molecule has 0 fully saturated rings. The lowest BCUT2D eigenvalue weighted by Crippen LogP contribution is -2.34. The molecular formula is C14H15F3O. The van der Waals surface area contributed by atoms with Crippen LogP contribution in [0.5, 0.6) is 5.75 Å². The highest BCUT2D eigenvalue weighted by molar-refractivity contribution is 5.61. The van der Waals surface area contributed by atoms with E-state index >= 15 is 0 Å². The monoisotopic (exact) mass is 256 g/mol. The summed E-state index contributed by atoms with van der Waals surface area (Å²) < 4.78 is 42.8. The maximum absolute atomic E-state index is 12.6. The van der Waals surface area contributed by atoms with E-state index in [0.29, 0.717) is 11.3 Å². The summed E-state index contributed by atoms with van der Waals surface area (Å²) in [6, 6.07) is 5.40. The summed E-state index contributed by atoms with van der Waals surface area (Å²) in [7, 11) is 0. The van der Waals surface area contributed by atoms with E-state index in [9.17, 15) is 13.2 Å². The Morgan fingerprint density at radius 1 is 1.11 bits per heavy atom. The van der Waals surface area contributed by atoms with Crippen molar-refractivity contribution in [1.29, 1.82) is 0 Å². The first-order valence-corrected chi connectivity index (χ1v) is 5.74. The van der Waals surface area contributed by atoms with E-state index in [-0.39, 0.29) is 5.41 Å². The van der Waals surface area contributed by atoms with E-state index in [1.807, 2.05) is 26.8 Å². The summed E-state index contributed by atoms with van der Waals surface area (Å²) in [6.07, 6.45) is -3.71.